The van der Waals surface area contributed by atoms with Crippen LogP contribution in [-0.2, 0) is 18.4 Å². The van der Waals surface area contributed by atoms with Gasteiger partial charge in [-0.25, -0.2) is 4.79 Å². The zero-order valence-corrected chi connectivity index (χ0v) is 16.7. The summed E-state index contributed by atoms with van der Waals surface area (Å²) in [6, 6.07) is 8.05. The van der Waals surface area contributed by atoms with Crippen molar-refractivity contribution in [2.45, 2.75) is 12.6 Å². The molecule has 1 aromatic carbocycles. The number of piperazine rings is 1. The summed E-state index contributed by atoms with van der Waals surface area (Å²) in [6.45, 7) is 3.66. The van der Waals surface area contributed by atoms with Crippen LogP contribution in [-0.4, -0.2) is 67.7 Å². The van der Waals surface area contributed by atoms with Gasteiger partial charge in [0.2, 0.25) is 0 Å². The van der Waals surface area contributed by atoms with Crippen LogP contribution >= 0.6 is 0 Å². The molecule has 0 radical (unpaired) electrons. The molecule has 0 saturated carbocycles. The quantitative estimate of drug-likeness (QED) is 0.645. The first-order valence-electron chi connectivity index (χ1n) is 9.84. The molecule has 1 fully saturated rings. The minimum Gasteiger partial charge on any atom is -0.480 e. The van der Waals surface area contributed by atoms with E-state index in [1.807, 2.05) is 24.1 Å². The molecule has 2 aromatic heterocycles. The zero-order chi connectivity index (χ0) is 21.3. The van der Waals surface area contributed by atoms with Crippen molar-refractivity contribution in [1.29, 1.82) is 0 Å². The number of fused-ring (bicyclic) bond motifs is 1. The number of aliphatic carboxylic acids is 1. The molecule has 156 valence electrons. The Morgan fingerprint density at radius 1 is 1.07 bits per heavy atom. The number of carboxylic acids is 2. The van der Waals surface area contributed by atoms with Crippen molar-refractivity contribution in [3.05, 3.63) is 65.6 Å². The maximum atomic E-state index is 12.2. The Kier molecular flexibility index (Phi) is 5.52. The topological polar surface area (TPSA) is 98.9 Å². The number of benzene rings is 1. The molecule has 0 spiro atoms. The lowest BCUT2D eigenvalue weighted by Crippen LogP contribution is -2.48. The first-order valence-corrected chi connectivity index (χ1v) is 9.84. The van der Waals surface area contributed by atoms with E-state index >= 15 is 0 Å². The van der Waals surface area contributed by atoms with Gasteiger partial charge in [-0.2, -0.15) is 0 Å². The number of hydrogen-bond donors (Lipinski definition) is 2. The standard InChI is InChI=1S/C22H24N4O4/c1-24-14-18(17-3-2-16(21(27)28)12-19(17)24)20(22(29)30)26-10-8-25(9-11-26)13-15-4-6-23-7-5-15/h2-7,12,14,20H,8-11,13H2,1H3,(H,27,28)(H,29,30)/t20-/m0/s1. The number of carboxylic acid groups (broad SMARTS) is 2. The highest BCUT2D eigenvalue weighted by atomic mass is 16.4. The van der Waals surface area contributed by atoms with Crippen LogP contribution in [0.2, 0.25) is 0 Å². The minimum atomic E-state index is -1.00. The van der Waals surface area contributed by atoms with Gasteiger partial charge in [-0.15, -0.1) is 0 Å². The van der Waals surface area contributed by atoms with Gasteiger partial charge >= 0.3 is 11.9 Å². The molecule has 0 aliphatic carbocycles. The fraction of sp³-hybridized carbons (Fsp3) is 0.318. The number of hydrogen-bond acceptors (Lipinski definition) is 5. The lowest BCUT2D eigenvalue weighted by molar-refractivity contribution is -0.144. The molecule has 3 heterocycles. The van der Waals surface area contributed by atoms with Gasteiger partial charge in [0.25, 0.3) is 0 Å². The third kappa shape index (κ3) is 3.92. The Morgan fingerprint density at radius 3 is 2.40 bits per heavy atom. The van der Waals surface area contributed by atoms with Crippen LogP contribution in [0.15, 0.2) is 48.9 Å². The van der Waals surface area contributed by atoms with Crippen molar-refractivity contribution in [2.24, 2.45) is 7.05 Å². The third-order valence-corrected chi connectivity index (χ3v) is 5.72. The Balaban J connectivity index is 1.55. The number of rotatable bonds is 6. The second-order valence-electron chi connectivity index (χ2n) is 7.64. The number of aromatic carboxylic acids is 1. The molecule has 2 N–H and O–H groups in total. The van der Waals surface area contributed by atoms with Gasteiger partial charge in [0.05, 0.1) is 5.56 Å². The maximum absolute atomic E-state index is 12.2. The van der Waals surface area contributed by atoms with Crippen LogP contribution < -0.4 is 0 Å². The van der Waals surface area contributed by atoms with E-state index in [0.717, 1.165) is 25.0 Å². The molecule has 0 unspecified atom stereocenters. The third-order valence-electron chi connectivity index (χ3n) is 5.72. The summed E-state index contributed by atoms with van der Waals surface area (Å²) in [5, 5.41) is 20.1. The Hall–Kier alpha value is -3.23. The van der Waals surface area contributed by atoms with Crippen LogP contribution in [0.3, 0.4) is 0 Å². The van der Waals surface area contributed by atoms with E-state index in [1.165, 1.54) is 11.6 Å². The molecule has 1 aliphatic heterocycles. The molecule has 1 saturated heterocycles. The highest BCUT2D eigenvalue weighted by Gasteiger charge is 2.32. The first kappa shape index (κ1) is 20.1. The second kappa shape index (κ2) is 8.25. The van der Waals surface area contributed by atoms with Gasteiger partial charge in [0.1, 0.15) is 6.04 Å². The average Bonchev–Trinajstić information content (AvgIpc) is 3.05. The Morgan fingerprint density at radius 2 is 1.77 bits per heavy atom. The van der Waals surface area contributed by atoms with Gasteiger partial charge in [0.15, 0.2) is 0 Å². The van der Waals surface area contributed by atoms with Crippen LogP contribution in [0, 0.1) is 0 Å². The lowest BCUT2D eigenvalue weighted by atomic mass is 10.0. The number of pyridine rings is 1. The monoisotopic (exact) mass is 408 g/mol. The smallest absolute Gasteiger partial charge is 0.335 e. The van der Waals surface area contributed by atoms with E-state index in [-0.39, 0.29) is 5.56 Å². The summed E-state index contributed by atoms with van der Waals surface area (Å²) < 4.78 is 1.80. The summed E-state index contributed by atoms with van der Waals surface area (Å²) >= 11 is 0. The molecule has 0 bridgehead atoms. The van der Waals surface area contributed by atoms with Crippen molar-refractivity contribution < 1.29 is 19.8 Å². The highest BCUT2D eigenvalue weighted by Crippen LogP contribution is 2.31. The van der Waals surface area contributed by atoms with Crippen LogP contribution in [0.5, 0.6) is 0 Å². The molecule has 4 rings (SSSR count). The van der Waals surface area contributed by atoms with Crippen molar-refractivity contribution in [3.63, 3.8) is 0 Å². The fourth-order valence-electron chi connectivity index (χ4n) is 4.18. The van der Waals surface area contributed by atoms with Crippen molar-refractivity contribution >= 4 is 22.8 Å². The number of nitrogens with zero attached hydrogens (tertiary/aromatic N) is 4. The molecular weight excluding hydrogens is 384 g/mol. The molecule has 1 aliphatic rings. The van der Waals surface area contributed by atoms with E-state index < -0.39 is 18.0 Å². The van der Waals surface area contributed by atoms with Crippen LogP contribution in [0.4, 0.5) is 0 Å². The summed E-state index contributed by atoms with van der Waals surface area (Å²) in [4.78, 5) is 31.9. The molecule has 8 nitrogen and oxygen atoms in total. The normalized spacial score (nSPS) is 16.6. The number of aryl methyl sites for hydroxylation is 1. The first-order chi connectivity index (χ1) is 14.4. The van der Waals surface area contributed by atoms with E-state index in [2.05, 4.69) is 9.88 Å². The number of carbonyl (C=O) groups is 2. The lowest BCUT2D eigenvalue weighted by Gasteiger charge is -2.37. The molecule has 30 heavy (non-hydrogen) atoms. The molecule has 3 aromatic rings. The van der Waals surface area contributed by atoms with Gasteiger partial charge < -0.3 is 14.8 Å². The molecule has 8 heteroatoms. The van der Waals surface area contributed by atoms with Crippen LogP contribution in [0.1, 0.15) is 27.5 Å². The van der Waals surface area contributed by atoms with Gasteiger partial charge in [-0.05, 0) is 29.8 Å². The van der Waals surface area contributed by atoms with Gasteiger partial charge in [-0.1, -0.05) is 6.07 Å². The SMILES string of the molecule is Cn1cc([C@@H](C(=O)O)N2CCN(Cc3ccncc3)CC2)c2ccc(C(=O)O)cc21. The summed E-state index contributed by atoms with van der Waals surface area (Å²) in [5.74, 6) is -1.90. The average molecular weight is 408 g/mol. The highest BCUT2D eigenvalue weighted by molar-refractivity contribution is 5.96. The minimum absolute atomic E-state index is 0.187. The van der Waals surface area contributed by atoms with Crippen molar-refractivity contribution in [1.82, 2.24) is 19.4 Å². The fourth-order valence-corrected chi connectivity index (χ4v) is 4.18. The van der Waals surface area contributed by atoms with E-state index in [9.17, 15) is 19.8 Å². The predicted molar refractivity (Wildman–Crippen MR) is 111 cm³/mol. The second-order valence-corrected chi connectivity index (χ2v) is 7.64. The summed E-state index contributed by atoms with van der Waals surface area (Å²) in [7, 11) is 1.81. The summed E-state index contributed by atoms with van der Waals surface area (Å²) in [5.41, 5.74) is 2.79. The molecule has 1 atom stereocenters. The van der Waals surface area contributed by atoms with E-state index in [4.69, 9.17) is 0 Å². The van der Waals surface area contributed by atoms with E-state index in [1.54, 1.807) is 35.3 Å². The molecular formula is C22H24N4O4. The van der Waals surface area contributed by atoms with E-state index in [0.29, 0.717) is 24.2 Å². The van der Waals surface area contributed by atoms with Gasteiger partial charge in [-0.3, -0.25) is 19.6 Å². The van der Waals surface area contributed by atoms with Crippen molar-refractivity contribution in [3.8, 4) is 0 Å². The van der Waals surface area contributed by atoms with Gasteiger partial charge in [0, 0.05) is 74.8 Å². The maximum Gasteiger partial charge on any atom is 0.335 e. The summed E-state index contributed by atoms with van der Waals surface area (Å²) in [6.07, 6.45) is 5.36. The van der Waals surface area contributed by atoms with Crippen molar-refractivity contribution in [2.75, 3.05) is 26.2 Å². The predicted octanol–water partition coefficient (Wildman–Crippen LogP) is 2.21. The van der Waals surface area contributed by atoms with Crippen LogP contribution in [0.25, 0.3) is 10.9 Å². The Bertz CT molecular complexity index is 1070. The number of aromatic nitrogens is 2. The largest absolute Gasteiger partial charge is 0.480 e. The molecule has 0 amide bonds. The Labute approximate surface area is 174 Å². The zero-order valence-electron chi connectivity index (χ0n) is 16.7.